The summed E-state index contributed by atoms with van der Waals surface area (Å²) in [6.45, 7) is 11.2. The number of nitrogens with zero attached hydrogens (tertiary/aromatic N) is 3. The number of hydrogen-bond donors (Lipinski definition) is 2. The number of ether oxygens (including phenoxy) is 1. The molecule has 1 aliphatic rings. The molecule has 3 aromatic rings. The number of nitrogens with one attached hydrogen (secondary N) is 2. The number of carbonyl (C=O) groups excluding carboxylic acids is 3. The highest BCUT2D eigenvalue weighted by Crippen LogP contribution is 2.30. The number of rotatable bonds is 8. The molecule has 0 saturated carbocycles. The van der Waals surface area contributed by atoms with E-state index in [0.29, 0.717) is 11.3 Å². The van der Waals surface area contributed by atoms with Crippen LogP contribution >= 0.6 is 0 Å². The van der Waals surface area contributed by atoms with Gasteiger partial charge in [-0.15, -0.1) is 0 Å². The first-order chi connectivity index (χ1) is 19.5. The standard InChI is InChI=1S/C31H39N5O5/c1-22-9-6-7-10-25(22)35-16-18-36(19-17-35)26-13-12-23(21-24(26)33-29(38)27-11-8-20-40-27)28(37)32-14-15-34(5)30(39)41-31(2,3)4/h6-13,20-21H,14-19H2,1-5H3,(H,32,37)(H,33,38). The SMILES string of the molecule is Cc1ccccc1N1CCN(c2ccc(C(=O)NCCN(C)C(=O)OC(C)(C)C)cc2NC(=O)c2ccco2)CC1. The van der Waals surface area contributed by atoms with E-state index in [1.165, 1.54) is 22.4 Å². The Hall–Kier alpha value is -4.47. The van der Waals surface area contributed by atoms with Crippen molar-refractivity contribution in [2.24, 2.45) is 0 Å². The van der Waals surface area contributed by atoms with Crippen molar-refractivity contribution < 1.29 is 23.5 Å². The first kappa shape index (κ1) is 29.5. The zero-order valence-corrected chi connectivity index (χ0v) is 24.4. The Labute approximate surface area is 241 Å². The van der Waals surface area contributed by atoms with E-state index in [2.05, 4.69) is 45.6 Å². The number of carbonyl (C=O) groups is 3. The summed E-state index contributed by atoms with van der Waals surface area (Å²) in [6, 6.07) is 16.9. The van der Waals surface area contributed by atoms with Crippen molar-refractivity contribution >= 4 is 35.0 Å². The zero-order valence-electron chi connectivity index (χ0n) is 24.4. The minimum absolute atomic E-state index is 0.181. The van der Waals surface area contributed by atoms with Gasteiger partial charge in [0.1, 0.15) is 5.60 Å². The molecule has 10 heteroatoms. The second-order valence-corrected chi connectivity index (χ2v) is 11.1. The van der Waals surface area contributed by atoms with Crippen LogP contribution in [-0.4, -0.2) is 74.7 Å². The van der Waals surface area contributed by atoms with Gasteiger partial charge in [0.25, 0.3) is 11.8 Å². The summed E-state index contributed by atoms with van der Waals surface area (Å²) >= 11 is 0. The molecule has 1 aliphatic heterocycles. The lowest BCUT2D eigenvalue weighted by Gasteiger charge is -2.38. The highest BCUT2D eigenvalue weighted by molar-refractivity contribution is 6.05. The van der Waals surface area contributed by atoms with Gasteiger partial charge in [0.05, 0.1) is 17.6 Å². The maximum absolute atomic E-state index is 13.0. The molecule has 2 heterocycles. The topological polar surface area (TPSA) is 107 Å². The van der Waals surface area contributed by atoms with Crippen molar-refractivity contribution in [1.82, 2.24) is 10.2 Å². The zero-order chi connectivity index (χ0) is 29.6. The van der Waals surface area contributed by atoms with E-state index >= 15 is 0 Å². The predicted octanol–water partition coefficient (Wildman–Crippen LogP) is 4.76. The van der Waals surface area contributed by atoms with Gasteiger partial charge < -0.3 is 34.5 Å². The Balaban J connectivity index is 1.45. The van der Waals surface area contributed by atoms with E-state index in [1.54, 1.807) is 52.1 Å². The van der Waals surface area contributed by atoms with Gasteiger partial charge in [0.15, 0.2) is 5.76 Å². The molecule has 1 fully saturated rings. The normalized spacial score (nSPS) is 13.5. The number of hydrogen-bond acceptors (Lipinski definition) is 7. The van der Waals surface area contributed by atoms with Gasteiger partial charge >= 0.3 is 6.09 Å². The highest BCUT2D eigenvalue weighted by atomic mass is 16.6. The first-order valence-electron chi connectivity index (χ1n) is 13.8. The van der Waals surface area contributed by atoms with E-state index in [9.17, 15) is 14.4 Å². The average Bonchev–Trinajstić information content (AvgIpc) is 3.48. The summed E-state index contributed by atoms with van der Waals surface area (Å²) in [7, 11) is 1.62. The first-order valence-corrected chi connectivity index (χ1v) is 13.8. The molecule has 1 saturated heterocycles. The molecular formula is C31H39N5O5. The van der Waals surface area contributed by atoms with E-state index in [4.69, 9.17) is 9.15 Å². The van der Waals surface area contributed by atoms with E-state index in [1.807, 2.05) is 12.1 Å². The number of piperazine rings is 1. The molecule has 0 atom stereocenters. The van der Waals surface area contributed by atoms with Crippen molar-refractivity contribution in [1.29, 1.82) is 0 Å². The summed E-state index contributed by atoms with van der Waals surface area (Å²) in [5, 5.41) is 5.78. The molecule has 3 amide bonds. The van der Waals surface area contributed by atoms with Crippen LogP contribution in [0.4, 0.5) is 21.9 Å². The van der Waals surface area contributed by atoms with Crippen LogP contribution in [0.15, 0.2) is 65.3 Å². The van der Waals surface area contributed by atoms with Crippen molar-refractivity contribution in [2.45, 2.75) is 33.3 Å². The maximum Gasteiger partial charge on any atom is 0.410 e. The molecule has 218 valence electrons. The highest BCUT2D eigenvalue weighted by Gasteiger charge is 2.23. The van der Waals surface area contributed by atoms with Crippen LogP contribution in [0.25, 0.3) is 0 Å². The lowest BCUT2D eigenvalue weighted by Crippen LogP contribution is -2.47. The third kappa shape index (κ3) is 7.81. The van der Waals surface area contributed by atoms with Gasteiger partial charge in [0, 0.05) is 57.6 Å². The van der Waals surface area contributed by atoms with Gasteiger partial charge in [-0.25, -0.2) is 4.79 Å². The number of amides is 3. The number of benzene rings is 2. The maximum atomic E-state index is 13.0. The number of likely N-dealkylation sites (N-methyl/N-ethyl adjacent to an activating group) is 1. The Morgan fingerprint density at radius 1 is 0.927 bits per heavy atom. The van der Waals surface area contributed by atoms with Crippen molar-refractivity contribution in [3.63, 3.8) is 0 Å². The molecule has 10 nitrogen and oxygen atoms in total. The van der Waals surface area contributed by atoms with E-state index in [0.717, 1.165) is 31.9 Å². The molecule has 41 heavy (non-hydrogen) atoms. The molecule has 0 aliphatic carbocycles. The molecule has 0 unspecified atom stereocenters. The average molecular weight is 562 g/mol. The Kier molecular flexibility index (Phi) is 9.21. The van der Waals surface area contributed by atoms with Gasteiger partial charge in [-0.2, -0.15) is 0 Å². The van der Waals surface area contributed by atoms with Crippen molar-refractivity contribution in [3.05, 3.63) is 77.7 Å². The van der Waals surface area contributed by atoms with Crippen LogP contribution in [0.5, 0.6) is 0 Å². The Morgan fingerprint density at radius 2 is 1.61 bits per heavy atom. The summed E-state index contributed by atoms with van der Waals surface area (Å²) in [6.07, 6.45) is 0.986. The lowest BCUT2D eigenvalue weighted by atomic mass is 10.1. The van der Waals surface area contributed by atoms with Crippen molar-refractivity contribution in [2.75, 3.05) is 61.4 Å². The summed E-state index contributed by atoms with van der Waals surface area (Å²) in [5.41, 5.74) is 3.61. The molecule has 0 radical (unpaired) electrons. The molecule has 0 bridgehead atoms. The fraction of sp³-hybridized carbons (Fsp3) is 0.387. The smallest absolute Gasteiger partial charge is 0.410 e. The molecular weight excluding hydrogens is 522 g/mol. The number of furan rings is 1. The fourth-order valence-electron chi connectivity index (χ4n) is 4.62. The van der Waals surface area contributed by atoms with Crippen molar-refractivity contribution in [3.8, 4) is 0 Å². The van der Waals surface area contributed by atoms with Gasteiger partial charge in [-0.1, -0.05) is 18.2 Å². The predicted molar refractivity (Wildman–Crippen MR) is 160 cm³/mol. The Bertz CT molecular complexity index is 1360. The molecule has 2 aromatic carbocycles. The second kappa shape index (κ2) is 12.8. The fourth-order valence-corrected chi connectivity index (χ4v) is 4.62. The van der Waals surface area contributed by atoms with E-state index < -0.39 is 17.6 Å². The van der Waals surface area contributed by atoms with Crippen LogP contribution in [-0.2, 0) is 4.74 Å². The van der Waals surface area contributed by atoms with Gasteiger partial charge in [-0.05, 0) is 69.7 Å². The summed E-state index contributed by atoms with van der Waals surface area (Å²) < 4.78 is 10.6. The van der Waals surface area contributed by atoms with Gasteiger partial charge in [-0.3, -0.25) is 9.59 Å². The molecule has 2 N–H and O–H groups in total. The number of anilines is 3. The largest absolute Gasteiger partial charge is 0.459 e. The van der Waals surface area contributed by atoms with Crippen LogP contribution < -0.4 is 20.4 Å². The van der Waals surface area contributed by atoms with Crippen LogP contribution in [0.1, 0.15) is 47.2 Å². The van der Waals surface area contributed by atoms with Crippen LogP contribution in [0.2, 0.25) is 0 Å². The quantitative estimate of drug-likeness (QED) is 0.408. The minimum atomic E-state index is -0.597. The summed E-state index contributed by atoms with van der Waals surface area (Å²) in [5.74, 6) is -0.529. The van der Waals surface area contributed by atoms with Crippen LogP contribution in [0, 0.1) is 6.92 Å². The molecule has 4 rings (SSSR count). The molecule has 0 spiro atoms. The van der Waals surface area contributed by atoms with Gasteiger partial charge in [0.2, 0.25) is 0 Å². The number of para-hydroxylation sites is 1. The third-order valence-electron chi connectivity index (χ3n) is 6.77. The lowest BCUT2D eigenvalue weighted by molar-refractivity contribution is 0.0299. The summed E-state index contributed by atoms with van der Waals surface area (Å²) in [4.78, 5) is 44.1. The van der Waals surface area contributed by atoms with Crippen LogP contribution in [0.3, 0.4) is 0 Å². The minimum Gasteiger partial charge on any atom is -0.459 e. The Morgan fingerprint density at radius 3 is 2.24 bits per heavy atom. The monoisotopic (exact) mass is 561 g/mol. The molecule has 1 aromatic heterocycles. The van der Waals surface area contributed by atoms with E-state index in [-0.39, 0.29) is 24.8 Å². The third-order valence-corrected chi connectivity index (χ3v) is 6.77. The second-order valence-electron chi connectivity index (χ2n) is 11.1. The number of aryl methyl sites for hydroxylation is 1.